The van der Waals surface area contributed by atoms with Crippen LogP contribution in [0.4, 0.5) is 0 Å². The Morgan fingerprint density at radius 3 is 1.79 bits per heavy atom. The van der Waals surface area contributed by atoms with Crippen LogP contribution >= 0.6 is 0 Å². The summed E-state index contributed by atoms with van der Waals surface area (Å²) in [7, 11) is 0. The van der Waals surface area contributed by atoms with Crippen LogP contribution in [0.25, 0.3) is 76.9 Å². The van der Waals surface area contributed by atoms with E-state index < -0.39 is 0 Å². The van der Waals surface area contributed by atoms with E-state index in [1.807, 2.05) is 43.0 Å². The summed E-state index contributed by atoms with van der Waals surface area (Å²) in [6.45, 7) is 8.77. The van der Waals surface area contributed by atoms with Crippen molar-refractivity contribution in [3.8, 4) is 33.8 Å². The van der Waals surface area contributed by atoms with Gasteiger partial charge in [-0.25, -0.2) is 0 Å². The number of pyridine rings is 3. The summed E-state index contributed by atoms with van der Waals surface area (Å²) in [4.78, 5) is 14.0. The van der Waals surface area contributed by atoms with Crippen molar-refractivity contribution in [1.82, 2.24) is 23.8 Å². The Morgan fingerprint density at radius 2 is 1.12 bits per heavy atom. The minimum absolute atomic E-state index is 0. The van der Waals surface area contributed by atoms with E-state index in [1.165, 1.54) is 44.5 Å². The molecule has 0 saturated carbocycles. The van der Waals surface area contributed by atoms with Gasteiger partial charge in [0, 0.05) is 65.3 Å². The number of benzene rings is 5. The first-order valence-corrected chi connectivity index (χ1v) is 17.1. The van der Waals surface area contributed by atoms with Crippen LogP contribution in [0.2, 0.25) is 0 Å². The number of hydrogen-bond donors (Lipinski definition) is 0. The second-order valence-corrected chi connectivity index (χ2v) is 13.4. The quantitative estimate of drug-likeness (QED) is 0.131. The van der Waals surface area contributed by atoms with Crippen molar-refractivity contribution in [2.24, 2.45) is 0 Å². The van der Waals surface area contributed by atoms with E-state index >= 15 is 0 Å². The van der Waals surface area contributed by atoms with Gasteiger partial charge in [-0.3, -0.25) is 15.0 Å². The third kappa shape index (κ3) is 4.71. The van der Waals surface area contributed by atoms with E-state index in [4.69, 9.17) is 9.72 Å². The van der Waals surface area contributed by atoms with Crippen molar-refractivity contribution in [3.05, 3.63) is 150 Å². The molecule has 7 heteroatoms. The van der Waals surface area contributed by atoms with Crippen LogP contribution in [0.1, 0.15) is 22.3 Å². The molecule has 0 bridgehead atoms. The first kappa shape index (κ1) is 32.1. The largest absolute Gasteiger partial charge is 2.00 e. The Labute approximate surface area is 314 Å². The van der Waals surface area contributed by atoms with Crippen LogP contribution < -0.4 is 4.74 Å². The molecule has 0 unspecified atom stereocenters. The number of imidazole rings is 2. The van der Waals surface area contributed by atoms with Crippen molar-refractivity contribution in [2.45, 2.75) is 27.7 Å². The Balaban J connectivity index is 0.00000360. The number of aryl methyl sites for hydroxylation is 4. The van der Waals surface area contributed by atoms with Gasteiger partial charge >= 0.3 is 21.1 Å². The van der Waals surface area contributed by atoms with Crippen LogP contribution in [0.15, 0.2) is 116 Å². The third-order valence-corrected chi connectivity index (χ3v) is 10.3. The predicted molar refractivity (Wildman–Crippen MR) is 206 cm³/mol. The molecule has 0 atom stereocenters. The van der Waals surface area contributed by atoms with Gasteiger partial charge in [0.2, 0.25) is 0 Å². The van der Waals surface area contributed by atoms with Gasteiger partial charge in [-0.1, -0.05) is 94.3 Å². The molecule has 5 heterocycles. The summed E-state index contributed by atoms with van der Waals surface area (Å²) in [5, 5.41) is 6.06. The molecule has 0 aliphatic carbocycles. The molecule has 0 fully saturated rings. The zero-order valence-electron chi connectivity index (χ0n) is 28.9. The molecule has 10 aromatic rings. The minimum atomic E-state index is 0. The molecule has 0 saturated heterocycles. The van der Waals surface area contributed by atoms with Gasteiger partial charge in [0.15, 0.2) is 0 Å². The van der Waals surface area contributed by atoms with E-state index in [0.29, 0.717) is 11.5 Å². The number of aromatic nitrogens is 5. The van der Waals surface area contributed by atoms with Gasteiger partial charge in [-0.15, -0.1) is 12.1 Å². The Kier molecular flexibility index (Phi) is 7.49. The maximum Gasteiger partial charge on any atom is 2.00 e. The fourth-order valence-corrected chi connectivity index (χ4v) is 8.13. The minimum Gasteiger partial charge on any atom is -0.497 e. The first-order valence-electron chi connectivity index (χ1n) is 17.1. The fraction of sp³-hybridized carbons (Fsp3) is 0.0889. The maximum absolute atomic E-state index is 6.55. The second-order valence-electron chi connectivity index (χ2n) is 13.4. The fourth-order valence-electron chi connectivity index (χ4n) is 8.13. The monoisotopic (exact) mass is 852 g/mol. The topological polar surface area (TPSA) is 56.7 Å². The van der Waals surface area contributed by atoms with Crippen LogP contribution in [0.3, 0.4) is 0 Å². The first-order chi connectivity index (χ1) is 25.0. The summed E-state index contributed by atoms with van der Waals surface area (Å²) in [5.41, 5.74) is 13.6. The Bertz CT molecular complexity index is 3030. The maximum atomic E-state index is 6.55. The number of ether oxygens (including phenoxy) is 1. The van der Waals surface area contributed by atoms with Gasteiger partial charge < -0.3 is 13.5 Å². The second kappa shape index (κ2) is 12.1. The molecule has 0 amide bonds. The molecule has 10 rings (SSSR count). The van der Waals surface area contributed by atoms with Crippen molar-refractivity contribution in [3.63, 3.8) is 0 Å². The zero-order chi connectivity index (χ0) is 34.4. The van der Waals surface area contributed by atoms with Gasteiger partial charge in [0.1, 0.15) is 0 Å². The van der Waals surface area contributed by atoms with Crippen LogP contribution in [-0.4, -0.2) is 23.8 Å². The third-order valence-electron chi connectivity index (χ3n) is 10.3. The molecule has 52 heavy (non-hydrogen) atoms. The van der Waals surface area contributed by atoms with Crippen molar-refractivity contribution < 1.29 is 25.8 Å². The predicted octanol–water partition coefficient (Wildman–Crippen LogP) is 10.9. The molecule has 0 radical (unpaired) electrons. The zero-order valence-corrected chi connectivity index (χ0v) is 31.2. The Morgan fingerprint density at radius 1 is 0.558 bits per heavy atom. The molecule has 6 nitrogen and oxygen atoms in total. The van der Waals surface area contributed by atoms with Gasteiger partial charge in [-0.2, -0.15) is 0 Å². The van der Waals surface area contributed by atoms with E-state index in [0.717, 1.165) is 54.6 Å². The van der Waals surface area contributed by atoms with Crippen molar-refractivity contribution in [2.75, 3.05) is 0 Å². The van der Waals surface area contributed by atoms with Crippen molar-refractivity contribution >= 4 is 54.6 Å². The van der Waals surface area contributed by atoms with Crippen molar-refractivity contribution in [1.29, 1.82) is 0 Å². The van der Waals surface area contributed by atoms with Gasteiger partial charge in [0.05, 0.1) is 11.3 Å². The standard InChI is InChI=1S/C45H31N5O.Pt/c1-26-7-5-8-27(2)40(26)34-15-16-35(41-28(3)9-6-10-29(41)4)43-42(34)33-14-12-31(24-37(33)45-48-20-22-50(43)45)51-30-11-13-32-36(23-30)44-47-19-21-49(44)39-17-18-46-25-38(32)39;/h5-22,25H,1-4H3;/q-2;+2. The van der Waals surface area contributed by atoms with Crippen LogP contribution in [0.5, 0.6) is 11.5 Å². The molecular formula is C45H31N5OPt. The Hall–Kier alpha value is -5.84. The summed E-state index contributed by atoms with van der Waals surface area (Å²) in [5.74, 6) is 1.17. The number of fused-ring (bicyclic) bond motifs is 12. The molecule has 0 aliphatic rings. The molecule has 0 N–H and O–H groups in total. The number of nitrogens with zero attached hydrogens (tertiary/aromatic N) is 5. The van der Waals surface area contributed by atoms with Gasteiger partial charge in [-0.05, 0) is 83.5 Å². The van der Waals surface area contributed by atoms with E-state index in [9.17, 15) is 0 Å². The summed E-state index contributed by atoms with van der Waals surface area (Å²) < 4.78 is 10.8. The number of hydrogen-bond acceptors (Lipinski definition) is 4. The van der Waals surface area contributed by atoms with E-state index in [2.05, 4.69) is 125 Å². The summed E-state index contributed by atoms with van der Waals surface area (Å²) in [6, 6.07) is 35.0. The smallest absolute Gasteiger partial charge is 0.497 e. The molecule has 252 valence electrons. The average molecular weight is 853 g/mol. The molecule has 5 aromatic carbocycles. The molecule has 5 aromatic heterocycles. The van der Waals surface area contributed by atoms with Gasteiger partial charge in [0.25, 0.3) is 0 Å². The normalized spacial score (nSPS) is 11.7. The summed E-state index contributed by atoms with van der Waals surface area (Å²) >= 11 is 0. The number of rotatable bonds is 4. The van der Waals surface area contributed by atoms with Crippen LogP contribution in [0, 0.1) is 39.8 Å². The van der Waals surface area contributed by atoms with E-state index in [-0.39, 0.29) is 21.1 Å². The molecular weight excluding hydrogens is 822 g/mol. The average Bonchev–Trinajstić information content (AvgIpc) is 3.84. The molecule has 0 aliphatic heterocycles. The van der Waals surface area contributed by atoms with E-state index in [1.54, 1.807) is 6.20 Å². The summed E-state index contributed by atoms with van der Waals surface area (Å²) in [6.07, 6.45) is 11.4. The van der Waals surface area contributed by atoms with Crippen LogP contribution in [-0.2, 0) is 21.1 Å². The molecule has 0 spiro atoms. The SMILES string of the molecule is Cc1cccc(C)c1-c1ccc(-c2c(C)cccc2C)c2c1c1ccc(Oc3[c-]c4c(cc3)c3cnccc3n3ccnc43)[c-]c1c1nccn12.[Pt+2].